The summed E-state index contributed by atoms with van der Waals surface area (Å²) in [5.74, 6) is 0.135. The van der Waals surface area contributed by atoms with Crippen molar-refractivity contribution in [2.24, 2.45) is 0 Å². The first-order valence-corrected chi connectivity index (χ1v) is 7.10. The topological polar surface area (TPSA) is 73.9 Å². The van der Waals surface area contributed by atoms with Gasteiger partial charge in [-0.3, -0.25) is 4.79 Å². The van der Waals surface area contributed by atoms with E-state index < -0.39 is 5.97 Å². The van der Waals surface area contributed by atoms with Crippen LogP contribution in [0.25, 0.3) is 0 Å². The van der Waals surface area contributed by atoms with Crippen LogP contribution in [0.15, 0.2) is 48.5 Å². The van der Waals surface area contributed by atoms with Crippen molar-refractivity contribution in [2.75, 3.05) is 13.4 Å². The van der Waals surface area contributed by atoms with Crippen molar-refractivity contribution in [3.8, 4) is 11.5 Å². The first-order chi connectivity index (χ1) is 11.2. The van der Waals surface area contributed by atoms with Crippen LogP contribution in [-0.4, -0.2) is 25.3 Å². The van der Waals surface area contributed by atoms with Crippen LogP contribution in [0.1, 0.15) is 15.9 Å². The average molecular weight is 313 g/mol. The van der Waals surface area contributed by atoms with Gasteiger partial charge in [-0.15, -0.1) is 0 Å². The summed E-state index contributed by atoms with van der Waals surface area (Å²) in [5.41, 5.74) is 1.29. The summed E-state index contributed by atoms with van der Waals surface area (Å²) < 4.78 is 15.4. The Hall–Kier alpha value is -3.02. The van der Waals surface area contributed by atoms with Gasteiger partial charge in [0.2, 0.25) is 6.79 Å². The van der Waals surface area contributed by atoms with Gasteiger partial charge >= 0.3 is 5.97 Å². The second-order valence-electron chi connectivity index (χ2n) is 4.91. The van der Waals surface area contributed by atoms with Crippen LogP contribution in [0.4, 0.5) is 0 Å². The van der Waals surface area contributed by atoms with E-state index in [1.807, 2.05) is 30.3 Å². The Morgan fingerprint density at radius 2 is 1.83 bits per heavy atom. The Kier molecular flexibility index (Phi) is 4.42. The first kappa shape index (κ1) is 14.9. The van der Waals surface area contributed by atoms with Crippen molar-refractivity contribution in [2.45, 2.75) is 6.54 Å². The first-order valence-electron chi connectivity index (χ1n) is 7.10. The number of esters is 1. The molecule has 0 fully saturated rings. The Bertz CT molecular complexity index is 714. The molecule has 0 unspecified atom stereocenters. The van der Waals surface area contributed by atoms with E-state index >= 15 is 0 Å². The van der Waals surface area contributed by atoms with E-state index in [1.165, 1.54) is 6.07 Å². The average Bonchev–Trinajstić information content (AvgIpc) is 3.06. The van der Waals surface area contributed by atoms with Crippen molar-refractivity contribution >= 4 is 11.9 Å². The normalized spacial score (nSPS) is 11.8. The molecule has 0 spiro atoms. The molecular formula is C17H15NO5. The van der Waals surface area contributed by atoms with E-state index in [4.69, 9.17) is 14.2 Å². The molecule has 6 nitrogen and oxygen atoms in total. The summed E-state index contributed by atoms with van der Waals surface area (Å²) in [6.45, 7) is 0.192. The van der Waals surface area contributed by atoms with Gasteiger partial charge in [0.1, 0.15) is 0 Å². The molecule has 0 aromatic heterocycles. The Labute approximate surface area is 133 Å². The van der Waals surface area contributed by atoms with E-state index in [0.717, 1.165) is 5.56 Å². The van der Waals surface area contributed by atoms with E-state index in [1.54, 1.807) is 12.1 Å². The summed E-state index contributed by atoms with van der Waals surface area (Å²) in [7, 11) is 0. The van der Waals surface area contributed by atoms with Crippen LogP contribution in [0, 0.1) is 0 Å². The van der Waals surface area contributed by atoms with Crippen molar-refractivity contribution in [1.82, 2.24) is 5.32 Å². The van der Waals surface area contributed by atoms with Crippen molar-refractivity contribution in [3.63, 3.8) is 0 Å². The fraction of sp³-hybridized carbons (Fsp3) is 0.176. The number of carbonyl (C=O) groups excluding carboxylic acids is 2. The molecule has 1 aliphatic rings. The number of carbonyl (C=O) groups is 2. The van der Waals surface area contributed by atoms with E-state index in [2.05, 4.69) is 5.32 Å². The molecule has 23 heavy (non-hydrogen) atoms. The quantitative estimate of drug-likeness (QED) is 0.853. The minimum Gasteiger partial charge on any atom is -0.454 e. The Morgan fingerprint density at radius 1 is 1.04 bits per heavy atom. The lowest BCUT2D eigenvalue weighted by molar-refractivity contribution is -0.124. The van der Waals surface area contributed by atoms with Gasteiger partial charge in [-0.2, -0.15) is 0 Å². The molecule has 0 radical (unpaired) electrons. The molecule has 0 saturated carbocycles. The zero-order valence-corrected chi connectivity index (χ0v) is 12.3. The summed E-state index contributed by atoms with van der Waals surface area (Å²) in [6, 6.07) is 14.2. The van der Waals surface area contributed by atoms with E-state index in [-0.39, 0.29) is 19.3 Å². The van der Waals surface area contributed by atoms with Crippen molar-refractivity contribution in [3.05, 3.63) is 59.7 Å². The standard InChI is InChI=1S/C17H15NO5/c19-16(18-9-12-4-2-1-3-5-12)10-21-17(20)13-6-7-14-15(8-13)23-11-22-14/h1-8H,9-11H2,(H,18,19). The second kappa shape index (κ2) is 6.83. The number of rotatable bonds is 5. The predicted octanol–water partition coefficient (Wildman–Crippen LogP) is 1.89. The summed E-state index contributed by atoms with van der Waals surface area (Å²) in [6.07, 6.45) is 0. The number of benzene rings is 2. The molecular weight excluding hydrogens is 298 g/mol. The van der Waals surface area contributed by atoms with Gasteiger partial charge in [0.05, 0.1) is 5.56 Å². The van der Waals surface area contributed by atoms with Gasteiger partial charge in [-0.1, -0.05) is 30.3 Å². The maximum atomic E-state index is 11.9. The van der Waals surface area contributed by atoms with Crippen molar-refractivity contribution < 1.29 is 23.8 Å². The third-order valence-electron chi connectivity index (χ3n) is 3.28. The fourth-order valence-corrected chi connectivity index (χ4v) is 2.09. The van der Waals surface area contributed by atoms with Gasteiger partial charge in [-0.05, 0) is 23.8 Å². The lowest BCUT2D eigenvalue weighted by atomic mass is 10.2. The van der Waals surface area contributed by atoms with Gasteiger partial charge < -0.3 is 19.5 Å². The molecule has 118 valence electrons. The predicted molar refractivity (Wildman–Crippen MR) is 81.1 cm³/mol. The molecule has 6 heteroatoms. The smallest absolute Gasteiger partial charge is 0.338 e. The van der Waals surface area contributed by atoms with Crippen LogP contribution in [-0.2, 0) is 16.1 Å². The largest absolute Gasteiger partial charge is 0.454 e. The molecule has 1 heterocycles. The number of nitrogens with one attached hydrogen (secondary N) is 1. The maximum Gasteiger partial charge on any atom is 0.338 e. The number of fused-ring (bicyclic) bond motifs is 1. The molecule has 0 aliphatic carbocycles. The summed E-state index contributed by atoms with van der Waals surface area (Å²) >= 11 is 0. The SMILES string of the molecule is O=C(COC(=O)c1ccc2c(c1)OCO2)NCc1ccccc1. The number of hydrogen-bond acceptors (Lipinski definition) is 5. The van der Waals surface area contributed by atoms with Crippen LogP contribution in [0.3, 0.4) is 0 Å². The lowest BCUT2D eigenvalue weighted by Gasteiger charge is -2.07. The highest BCUT2D eigenvalue weighted by Gasteiger charge is 2.17. The molecule has 3 rings (SSSR count). The van der Waals surface area contributed by atoms with E-state index in [9.17, 15) is 9.59 Å². The summed E-state index contributed by atoms with van der Waals surface area (Å²) in [5, 5.41) is 2.69. The zero-order chi connectivity index (χ0) is 16.1. The molecule has 1 N–H and O–H groups in total. The van der Waals surface area contributed by atoms with Crippen molar-refractivity contribution in [1.29, 1.82) is 0 Å². The highest BCUT2D eigenvalue weighted by Crippen LogP contribution is 2.32. The van der Waals surface area contributed by atoms with Crippen LogP contribution in [0.5, 0.6) is 11.5 Å². The minimum atomic E-state index is -0.585. The monoisotopic (exact) mass is 313 g/mol. The highest BCUT2D eigenvalue weighted by molar-refractivity contribution is 5.92. The van der Waals surface area contributed by atoms with Crippen LogP contribution in [0.2, 0.25) is 0 Å². The second-order valence-corrected chi connectivity index (χ2v) is 4.91. The van der Waals surface area contributed by atoms with Gasteiger partial charge in [0.25, 0.3) is 5.91 Å². The molecule has 0 atom stereocenters. The third kappa shape index (κ3) is 3.79. The number of hydrogen-bond donors (Lipinski definition) is 1. The third-order valence-corrected chi connectivity index (χ3v) is 3.28. The fourth-order valence-electron chi connectivity index (χ4n) is 2.09. The van der Waals surface area contributed by atoms with Gasteiger partial charge in [-0.25, -0.2) is 4.79 Å². The molecule has 2 aromatic carbocycles. The molecule has 2 aromatic rings. The number of ether oxygens (including phenoxy) is 3. The van der Waals surface area contributed by atoms with Gasteiger partial charge in [0.15, 0.2) is 18.1 Å². The Morgan fingerprint density at radius 3 is 2.65 bits per heavy atom. The van der Waals surface area contributed by atoms with E-state index in [0.29, 0.717) is 23.6 Å². The minimum absolute atomic E-state index is 0.135. The highest BCUT2D eigenvalue weighted by atomic mass is 16.7. The zero-order valence-electron chi connectivity index (χ0n) is 12.3. The van der Waals surface area contributed by atoms with Gasteiger partial charge in [0, 0.05) is 6.54 Å². The molecule has 1 aliphatic heterocycles. The molecule has 0 bridgehead atoms. The lowest BCUT2D eigenvalue weighted by Crippen LogP contribution is -2.28. The molecule has 1 amide bonds. The summed E-state index contributed by atoms with van der Waals surface area (Å²) in [4.78, 5) is 23.6. The number of amides is 1. The Balaban J connectivity index is 1.48. The van der Waals surface area contributed by atoms with Crippen LogP contribution < -0.4 is 14.8 Å². The van der Waals surface area contributed by atoms with Crippen LogP contribution >= 0.6 is 0 Å². The molecule has 0 saturated heterocycles. The maximum absolute atomic E-state index is 11.9.